The van der Waals surface area contributed by atoms with Crippen LogP contribution in [-0.2, 0) is 23.7 Å². The Balaban J connectivity index is 1.83. The highest BCUT2D eigenvalue weighted by Gasteiger charge is 2.50. The van der Waals surface area contributed by atoms with Crippen LogP contribution in [0.25, 0.3) is 10.4 Å². The monoisotopic (exact) mass is 333 g/mol. The molecule has 24 heavy (non-hydrogen) atoms. The molecule has 1 aromatic carbocycles. The van der Waals surface area contributed by atoms with E-state index < -0.39 is 36.6 Å². The summed E-state index contributed by atoms with van der Waals surface area (Å²) in [6.07, 6.45) is -2.36. The molecule has 8 heteroatoms. The van der Waals surface area contributed by atoms with E-state index in [2.05, 4.69) is 10.0 Å². The van der Waals surface area contributed by atoms with E-state index in [1.807, 2.05) is 30.3 Å². The van der Waals surface area contributed by atoms with Crippen LogP contribution in [0.15, 0.2) is 35.4 Å². The summed E-state index contributed by atoms with van der Waals surface area (Å²) in [6, 6.07) is 8.95. The van der Waals surface area contributed by atoms with E-state index in [0.717, 1.165) is 5.56 Å². The molecule has 1 aromatic rings. The summed E-state index contributed by atoms with van der Waals surface area (Å²) in [5.41, 5.74) is 9.78. The fourth-order valence-corrected chi connectivity index (χ4v) is 3.16. The lowest BCUT2D eigenvalue weighted by atomic mass is 9.85. The lowest BCUT2D eigenvalue weighted by Crippen LogP contribution is -2.59. The Labute approximate surface area is 139 Å². The number of esters is 1. The summed E-state index contributed by atoms with van der Waals surface area (Å²) in [5, 5.41) is 3.86. The van der Waals surface area contributed by atoms with E-state index in [4.69, 9.17) is 24.5 Å². The third-order valence-electron chi connectivity index (χ3n) is 4.42. The molecule has 0 radical (unpaired) electrons. The molecule has 2 aliphatic heterocycles. The number of carbonyl (C=O) groups excluding carboxylic acids is 1. The first-order valence-corrected chi connectivity index (χ1v) is 7.75. The highest BCUT2D eigenvalue weighted by atomic mass is 16.7. The SMILES string of the molecule is COC(=O)[C@@H]1OC2COC(c3ccccc3)O[C@@H]2[C@H](N=[N+]=[N-])C1C. The fourth-order valence-electron chi connectivity index (χ4n) is 3.16. The predicted octanol–water partition coefficient (Wildman–Crippen LogP) is 2.36. The van der Waals surface area contributed by atoms with Crippen LogP contribution in [0.5, 0.6) is 0 Å². The van der Waals surface area contributed by atoms with Crippen molar-refractivity contribution in [1.82, 2.24) is 0 Å². The summed E-state index contributed by atoms with van der Waals surface area (Å²) < 4.78 is 22.3. The Hall–Kier alpha value is -2.12. The van der Waals surface area contributed by atoms with Crippen LogP contribution in [0.3, 0.4) is 0 Å². The lowest BCUT2D eigenvalue weighted by molar-refractivity contribution is -0.298. The van der Waals surface area contributed by atoms with Gasteiger partial charge in [0.05, 0.1) is 25.9 Å². The quantitative estimate of drug-likeness (QED) is 0.365. The average Bonchev–Trinajstić information content (AvgIpc) is 2.63. The summed E-state index contributed by atoms with van der Waals surface area (Å²) in [4.78, 5) is 14.8. The molecule has 8 nitrogen and oxygen atoms in total. The van der Waals surface area contributed by atoms with Crippen LogP contribution in [-0.4, -0.2) is 44.0 Å². The molecule has 2 fully saturated rings. The topological polar surface area (TPSA) is 103 Å². The Morgan fingerprint density at radius 3 is 2.75 bits per heavy atom. The van der Waals surface area contributed by atoms with Gasteiger partial charge in [-0.1, -0.05) is 42.4 Å². The molecule has 0 saturated carbocycles. The van der Waals surface area contributed by atoms with Crippen molar-refractivity contribution in [3.63, 3.8) is 0 Å². The summed E-state index contributed by atoms with van der Waals surface area (Å²) in [6.45, 7) is 2.02. The predicted molar refractivity (Wildman–Crippen MR) is 82.8 cm³/mol. The van der Waals surface area contributed by atoms with E-state index in [-0.39, 0.29) is 12.5 Å². The van der Waals surface area contributed by atoms with E-state index in [0.29, 0.717) is 0 Å². The third-order valence-corrected chi connectivity index (χ3v) is 4.42. The standard InChI is InChI=1S/C16H19N3O5/c1-9-12(18-19-17)14-11(23-13(9)15(20)21-2)8-22-16(24-14)10-6-4-3-5-7-10/h3-7,9,11-14,16H,8H2,1-2H3/t9?,11?,12-,13-,14+,16?/m1/s1. The van der Waals surface area contributed by atoms with Gasteiger partial charge in [-0.2, -0.15) is 0 Å². The number of rotatable bonds is 3. The zero-order chi connectivity index (χ0) is 17.1. The molecule has 0 aromatic heterocycles. The Morgan fingerprint density at radius 2 is 2.08 bits per heavy atom. The third kappa shape index (κ3) is 3.09. The van der Waals surface area contributed by atoms with E-state index in [1.165, 1.54) is 7.11 Å². The zero-order valence-electron chi connectivity index (χ0n) is 13.4. The molecule has 0 aliphatic carbocycles. The van der Waals surface area contributed by atoms with Crippen molar-refractivity contribution < 1.29 is 23.7 Å². The molecule has 2 heterocycles. The molecule has 2 saturated heterocycles. The van der Waals surface area contributed by atoms with Crippen LogP contribution in [0, 0.1) is 5.92 Å². The van der Waals surface area contributed by atoms with Gasteiger partial charge in [0.2, 0.25) is 0 Å². The summed E-state index contributed by atoms with van der Waals surface area (Å²) in [7, 11) is 1.30. The van der Waals surface area contributed by atoms with Crippen molar-refractivity contribution in [3.05, 3.63) is 46.3 Å². The summed E-state index contributed by atoms with van der Waals surface area (Å²) in [5.74, 6) is -0.867. The molecule has 128 valence electrons. The van der Waals surface area contributed by atoms with Gasteiger partial charge in [-0.3, -0.25) is 0 Å². The van der Waals surface area contributed by atoms with E-state index >= 15 is 0 Å². The van der Waals surface area contributed by atoms with Crippen molar-refractivity contribution in [1.29, 1.82) is 0 Å². The lowest BCUT2D eigenvalue weighted by Gasteiger charge is -2.46. The van der Waals surface area contributed by atoms with Gasteiger partial charge < -0.3 is 18.9 Å². The number of hydrogen-bond donors (Lipinski definition) is 0. The van der Waals surface area contributed by atoms with Gasteiger partial charge in [0.25, 0.3) is 0 Å². The second kappa shape index (κ2) is 7.19. The number of nitrogens with zero attached hydrogens (tertiary/aromatic N) is 3. The highest BCUT2D eigenvalue weighted by molar-refractivity contribution is 5.75. The van der Waals surface area contributed by atoms with Crippen molar-refractivity contribution in [2.75, 3.05) is 13.7 Å². The first-order chi connectivity index (χ1) is 11.7. The Kier molecular flexibility index (Phi) is 5.01. The Morgan fingerprint density at radius 1 is 1.33 bits per heavy atom. The van der Waals surface area contributed by atoms with E-state index in [1.54, 1.807) is 6.92 Å². The van der Waals surface area contributed by atoms with Crippen molar-refractivity contribution in [3.8, 4) is 0 Å². The first-order valence-electron chi connectivity index (χ1n) is 7.75. The molecular weight excluding hydrogens is 314 g/mol. The number of azide groups is 1. The minimum Gasteiger partial charge on any atom is -0.467 e. The van der Waals surface area contributed by atoms with Crippen molar-refractivity contribution in [2.24, 2.45) is 11.0 Å². The van der Waals surface area contributed by atoms with Crippen LogP contribution in [0.2, 0.25) is 0 Å². The number of benzene rings is 1. The molecule has 0 N–H and O–H groups in total. The highest BCUT2D eigenvalue weighted by Crippen LogP contribution is 2.37. The largest absolute Gasteiger partial charge is 0.467 e. The van der Waals surface area contributed by atoms with Crippen molar-refractivity contribution >= 4 is 5.97 Å². The van der Waals surface area contributed by atoms with Gasteiger partial charge in [0, 0.05) is 16.4 Å². The van der Waals surface area contributed by atoms with Gasteiger partial charge in [0.1, 0.15) is 6.10 Å². The second-order valence-electron chi connectivity index (χ2n) is 5.85. The van der Waals surface area contributed by atoms with Gasteiger partial charge in [0.15, 0.2) is 12.4 Å². The molecule has 0 bridgehead atoms. The number of fused-ring (bicyclic) bond motifs is 1. The normalized spacial score (nSPS) is 35.4. The van der Waals surface area contributed by atoms with Gasteiger partial charge in [-0.25, -0.2) is 4.79 Å². The molecule has 3 unspecified atom stereocenters. The molecule has 0 amide bonds. The maximum absolute atomic E-state index is 11.9. The second-order valence-corrected chi connectivity index (χ2v) is 5.85. The first kappa shape index (κ1) is 16.7. The number of carbonyl (C=O) groups is 1. The molecule has 0 spiro atoms. The Bertz CT molecular complexity index is 634. The van der Waals surface area contributed by atoms with Crippen LogP contribution < -0.4 is 0 Å². The molecule has 2 aliphatic rings. The van der Waals surface area contributed by atoms with Gasteiger partial charge in [-0.15, -0.1) is 0 Å². The maximum atomic E-state index is 11.9. The van der Waals surface area contributed by atoms with Gasteiger partial charge in [-0.05, 0) is 5.53 Å². The minimum absolute atomic E-state index is 0.238. The number of hydrogen-bond acceptors (Lipinski definition) is 6. The van der Waals surface area contributed by atoms with Crippen LogP contribution in [0.1, 0.15) is 18.8 Å². The number of methoxy groups -OCH3 is 1. The molecular formula is C16H19N3O5. The van der Waals surface area contributed by atoms with Crippen LogP contribution >= 0.6 is 0 Å². The van der Waals surface area contributed by atoms with Gasteiger partial charge >= 0.3 is 5.97 Å². The zero-order valence-corrected chi connectivity index (χ0v) is 13.4. The summed E-state index contributed by atoms with van der Waals surface area (Å²) >= 11 is 0. The number of ether oxygens (including phenoxy) is 4. The molecule has 3 rings (SSSR count). The van der Waals surface area contributed by atoms with Crippen LogP contribution in [0.4, 0.5) is 0 Å². The smallest absolute Gasteiger partial charge is 0.335 e. The maximum Gasteiger partial charge on any atom is 0.335 e. The average molecular weight is 333 g/mol. The minimum atomic E-state index is -0.813. The fraction of sp³-hybridized carbons (Fsp3) is 0.562. The van der Waals surface area contributed by atoms with E-state index in [9.17, 15) is 4.79 Å². The van der Waals surface area contributed by atoms with Crippen molar-refractivity contribution in [2.45, 2.75) is 37.6 Å². The molecule has 6 atom stereocenters.